The quantitative estimate of drug-likeness (QED) is 0.405. The molecule has 1 aliphatic rings. The molecule has 0 aromatic rings. The molecule has 0 heterocycles. The summed E-state index contributed by atoms with van der Waals surface area (Å²) in [5, 5.41) is 0. The molecule has 0 aromatic heterocycles. The molecule has 1 rings (SSSR count). The normalized spacial score (nSPS) is 28.6. The van der Waals surface area contributed by atoms with Gasteiger partial charge in [0.05, 0.1) is 6.10 Å². The Morgan fingerprint density at radius 2 is 2.35 bits per heavy atom. The van der Waals surface area contributed by atoms with Gasteiger partial charge in [-0.2, -0.15) is 0 Å². The van der Waals surface area contributed by atoms with Gasteiger partial charge in [0.1, 0.15) is 13.1 Å². The van der Waals surface area contributed by atoms with Gasteiger partial charge in [0.15, 0.2) is 0 Å². The Morgan fingerprint density at radius 3 is 2.88 bits per heavy atom. The van der Waals surface area contributed by atoms with E-state index in [1.807, 2.05) is 6.92 Å². The van der Waals surface area contributed by atoms with Crippen LogP contribution in [0.3, 0.4) is 0 Å². The second-order valence-corrected chi connectivity index (χ2v) is 4.77. The highest BCUT2D eigenvalue weighted by Gasteiger charge is 2.33. The van der Waals surface area contributed by atoms with E-state index in [1.165, 1.54) is 5.57 Å². The lowest BCUT2D eigenvalue weighted by atomic mass is 9.73. The molecule has 3 heteroatoms. The smallest absolute Gasteiger partial charge is 0.147 e. The van der Waals surface area contributed by atoms with E-state index >= 15 is 0 Å². The van der Waals surface area contributed by atoms with Crippen LogP contribution in [0.15, 0.2) is 23.8 Å². The fourth-order valence-electron chi connectivity index (χ4n) is 2.47. The third-order valence-corrected chi connectivity index (χ3v) is 3.31. The molecule has 0 bridgehead atoms. The Hall–Kier alpha value is -0.930. The Balaban J connectivity index is 2.85. The van der Waals surface area contributed by atoms with Crippen molar-refractivity contribution < 1.29 is 14.3 Å². The summed E-state index contributed by atoms with van der Waals surface area (Å²) >= 11 is 0. The number of hydrogen-bond donors (Lipinski definition) is 0. The van der Waals surface area contributed by atoms with Crippen molar-refractivity contribution in [2.24, 2.45) is 11.8 Å². The molecule has 0 radical (unpaired) electrons. The number of methoxy groups -OCH3 is 1. The van der Waals surface area contributed by atoms with E-state index < -0.39 is 0 Å². The van der Waals surface area contributed by atoms with Crippen LogP contribution in [0.25, 0.3) is 0 Å². The molecular formula is C14H22O3. The maximum absolute atomic E-state index is 10.8. The van der Waals surface area contributed by atoms with Crippen LogP contribution >= 0.6 is 0 Å². The molecule has 0 fully saturated rings. The Morgan fingerprint density at radius 1 is 1.65 bits per heavy atom. The summed E-state index contributed by atoms with van der Waals surface area (Å²) in [7, 11) is 1.60. The first kappa shape index (κ1) is 14.1. The van der Waals surface area contributed by atoms with Crippen molar-refractivity contribution in [2.75, 3.05) is 13.9 Å². The van der Waals surface area contributed by atoms with Gasteiger partial charge in [-0.15, -0.1) is 0 Å². The summed E-state index contributed by atoms with van der Waals surface area (Å²) in [6.07, 6.45) is 4.51. The van der Waals surface area contributed by atoms with Gasteiger partial charge < -0.3 is 14.3 Å². The average Bonchev–Trinajstić information content (AvgIpc) is 2.28. The van der Waals surface area contributed by atoms with E-state index in [2.05, 4.69) is 19.6 Å². The first-order valence-electron chi connectivity index (χ1n) is 5.97. The van der Waals surface area contributed by atoms with Crippen LogP contribution in [0.1, 0.15) is 26.7 Å². The van der Waals surface area contributed by atoms with Crippen LogP contribution in [-0.2, 0) is 14.3 Å². The Kier molecular flexibility index (Phi) is 5.59. The third-order valence-electron chi connectivity index (χ3n) is 3.31. The van der Waals surface area contributed by atoms with Crippen LogP contribution in [0.5, 0.6) is 0 Å². The lowest BCUT2D eigenvalue weighted by Crippen LogP contribution is -2.34. The van der Waals surface area contributed by atoms with Crippen molar-refractivity contribution in [3.05, 3.63) is 23.8 Å². The van der Waals surface area contributed by atoms with Crippen LogP contribution in [-0.4, -0.2) is 26.3 Å². The number of carbonyl (C=O) groups is 1. The molecule has 96 valence electrons. The molecule has 0 amide bonds. The van der Waals surface area contributed by atoms with Gasteiger partial charge >= 0.3 is 0 Å². The second-order valence-electron chi connectivity index (χ2n) is 4.77. The molecule has 0 spiro atoms. The van der Waals surface area contributed by atoms with E-state index in [-0.39, 0.29) is 18.8 Å². The molecule has 0 saturated heterocycles. The maximum atomic E-state index is 10.8. The number of rotatable bonds is 6. The zero-order valence-electron chi connectivity index (χ0n) is 10.9. The van der Waals surface area contributed by atoms with Crippen molar-refractivity contribution in [2.45, 2.75) is 32.8 Å². The van der Waals surface area contributed by atoms with E-state index in [9.17, 15) is 4.79 Å². The molecule has 0 aliphatic heterocycles. The fraction of sp³-hybridized carbons (Fsp3) is 0.643. The molecule has 3 nitrogen and oxygen atoms in total. The number of allylic oxidation sites excluding steroid dienone is 2. The molecule has 0 aromatic carbocycles. The standard InChI is InChI=1S/C14H22O3/c1-10(2)13-7-11(3)8-14(17-9-16-4)12(13)5-6-15/h6,8,12-14H,1,5,7,9H2,2-4H3/t12-,13-,14-/m0/s1. The Labute approximate surface area is 103 Å². The molecule has 17 heavy (non-hydrogen) atoms. The van der Waals surface area contributed by atoms with Gasteiger partial charge in [0.2, 0.25) is 0 Å². The van der Waals surface area contributed by atoms with E-state index in [0.717, 1.165) is 18.3 Å². The fourth-order valence-corrected chi connectivity index (χ4v) is 2.47. The van der Waals surface area contributed by atoms with E-state index in [4.69, 9.17) is 9.47 Å². The third kappa shape index (κ3) is 3.79. The van der Waals surface area contributed by atoms with E-state index in [1.54, 1.807) is 7.11 Å². The minimum Gasteiger partial charge on any atom is -0.359 e. The first-order valence-corrected chi connectivity index (χ1v) is 5.97. The lowest BCUT2D eigenvalue weighted by Gasteiger charge is -2.36. The molecule has 0 saturated carbocycles. The summed E-state index contributed by atoms with van der Waals surface area (Å²) in [6.45, 7) is 8.40. The SMILES string of the molecule is C=C(C)[C@@H]1CC(C)=C[C@H](OCOC)[C@H]1CC=O. The van der Waals surface area contributed by atoms with Gasteiger partial charge in [0, 0.05) is 19.4 Å². The predicted octanol–water partition coefficient (Wildman–Crippen LogP) is 2.72. The van der Waals surface area contributed by atoms with Crippen LogP contribution < -0.4 is 0 Å². The molecule has 3 atom stereocenters. The molecular weight excluding hydrogens is 216 g/mol. The Bertz CT molecular complexity index is 307. The number of hydrogen-bond acceptors (Lipinski definition) is 3. The van der Waals surface area contributed by atoms with Gasteiger partial charge in [-0.1, -0.05) is 23.8 Å². The highest BCUT2D eigenvalue weighted by Crippen LogP contribution is 2.37. The van der Waals surface area contributed by atoms with Gasteiger partial charge in [-0.3, -0.25) is 0 Å². The van der Waals surface area contributed by atoms with Crippen molar-refractivity contribution >= 4 is 6.29 Å². The largest absolute Gasteiger partial charge is 0.359 e. The summed E-state index contributed by atoms with van der Waals surface area (Å²) < 4.78 is 10.6. The molecule has 1 aliphatic carbocycles. The summed E-state index contributed by atoms with van der Waals surface area (Å²) in [4.78, 5) is 10.8. The topological polar surface area (TPSA) is 35.5 Å². The average molecular weight is 238 g/mol. The van der Waals surface area contributed by atoms with Crippen molar-refractivity contribution in [1.29, 1.82) is 0 Å². The van der Waals surface area contributed by atoms with E-state index in [0.29, 0.717) is 12.3 Å². The highest BCUT2D eigenvalue weighted by molar-refractivity contribution is 5.50. The monoisotopic (exact) mass is 238 g/mol. The van der Waals surface area contributed by atoms with Crippen LogP contribution in [0, 0.1) is 11.8 Å². The zero-order valence-corrected chi connectivity index (χ0v) is 10.9. The number of ether oxygens (including phenoxy) is 2. The summed E-state index contributed by atoms with van der Waals surface area (Å²) in [5.41, 5.74) is 2.41. The number of aldehydes is 1. The molecule has 0 unspecified atom stereocenters. The minimum atomic E-state index is -0.0457. The van der Waals surface area contributed by atoms with Gasteiger partial charge in [0.25, 0.3) is 0 Å². The summed E-state index contributed by atoms with van der Waals surface area (Å²) in [5.74, 6) is 0.510. The highest BCUT2D eigenvalue weighted by atomic mass is 16.7. The van der Waals surface area contributed by atoms with Crippen LogP contribution in [0.4, 0.5) is 0 Å². The predicted molar refractivity (Wildman–Crippen MR) is 67.6 cm³/mol. The van der Waals surface area contributed by atoms with Crippen molar-refractivity contribution in [1.82, 2.24) is 0 Å². The zero-order chi connectivity index (χ0) is 12.8. The van der Waals surface area contributed by atoms with Crippen molar-refractivity contribution in [3.8, 4) is 0 Å². The van der Waals surface area contributed by atoms with Gasteiger partial charge in [-0.25, -0.2) is 0 Å². The maximum Gasteiger partial charge on any atom is 0.147 e. The minimum absolute atomic E-state index is 0.0457. The number of carbonyl (C=O) groups excluding carboxylic acids is 1. The van der Waals surface area contributed by atoms with Crippen LogP contribution in [0.2, 0.25) is 0 Å². The van der Waals surface area contributed by atoms with Gasteiger partial charge in [-0.05, 0) is 26.2 Å². The second kappa shape index (κ2) is 6.72. The molecule has 0 N–H and O–H groups in total. The van der Waals surface area contributed by atoms with Crippen molar-refractivity contribution in [3.63, 3.8) is 0 Å². The first-order chi connectivity index (χ1) is 8.10. The summed E-state index contributed by atoms with van der Waals surface area (Å²) in [6, 6.07) is 0. The lowest BCUT2D eigenvalue weighted by molar-refractivity contribution is -0.113.